The summed E-state index contributed by atoms with van der Waals surface area (Å²) in [5.74, 6) is 0.900. The van der Waals surface area contributed by atoms with Gasteiger partial charge in [0.1, 0.15) is 6.10 Å². The number of anilines is 1. The fraction of sp³-hybridized carbons (Fsp3) is 0.643. The summed E-state index contributed by atoms with van der Waals surface area (Å²) >= 11 is 0. The van der Waals surface area contributed by atoms with E-state index >= 15 is 0 Å². The van der Waals surface area contributed by atoms with E-state index in [1.54, 1.807) is 12.4 Å². The predicted octanol–water partition coefficient (Wildman–Crippen LogP) is 0.694. The Morgan fingerprint density at radius 2 is 2.00 bits per heavy atom. The molecule has 3 rings (SSSR count). The quantitative estimate of drug-likeness (QED) is 0.795. The summed E-state index contributed by atoms with van der Waals surface area (Å²) in [7, 11) is 0. The molecule has 0 unspecified atom stereocenters. The first kappa shape index (κ1) is 13.3. The van der Waals surface area contributed by atoms with Gasteiger partial charge in [0.25, 0.3) is 5.91 Å². The van der Waals surface area contributed by atoms with Gasteiger partial charge >= 0.3 is 0 Å². The molecule has 0 aliphatic carbocycles. The maximum Gasteiger partial charge on any atom is 0.251 e. The molecule has 0 N–H and O–H groups in total. The molecule has 2 aliphatic rings. The molecule has 6 nitrogen and oxygen atoms in total. The van der Waals surface area contributed by atoms with Gasteiger partial charge in [0.2, 0.25) is 5.95 Å². The molecule has 6 heteroatoms. The second kappa shape index (κ2) is 6.17. The summed E-state index contributed by atoms with van der Waals surface area (Å²) in [6, 6.07) is 1.81. The Morgan fingerprint density at radius 1 is 1.15 bits per heavy atom. The lowest BCUT2D eigenvalue weighted by atomic mass is 10.2. The minimum Gasteiger partial charge on any atom is -0.368 e. The number of carbonyl (C=O) groups is 1. The molecule has 2 fully saturated rings. The van der Waals surface area contributed by atoms with Crippen molar-refractivity contribution in [2.24, 2.45) is 0 Å². The molecular weight excluding hydrogens is 256 g/mol. The fourth-order valence-electron chi connectivity index (χ4n) is 2.77. The molecule has 2 aliphatic heterocycles. The molecule has 20 heavy (non-hydrogen) atoms. The normalized spacial score (nSPS) is 23.7. The molecule has 0 saturated carbocycles. The Balaban J connectivity index is 1.60. The Hall–Kier alpha value is -1.69. The lowest BCUT2D eigenvalue weighted by molar-refractivity contribution is -0.140. The highest BCUT2D eigenvalue weighted by molar-refractivity contribution is 5.81. The van der Waals surface area contributed by atoms with Gasteiger partial charge in [-0.1, -0.05) is 0 Å². The van der Waals surface area contributed by atoms with E-state index in [1.807, 2.05) is 11.0 Å². The third-order valence-electron chi connectivity index (χ3n) is 3.85. The van der Waals surface area contributed by atoms with Gasteiger partial charge in [-0.05, 0) is 25.3 Å². The monoisotopic (exact) mass is 276 g/mol. The van der Waals surface area contributed by atoms with E-state index in [1.165, 1.54) is 0 Å². The van der Waals surface area contributed by atoms with Crippen LogP contribution in [0.3, 0.4) is 0 Å². The van der Waals surface area contributed by atoms with E-state index in [0.717, 1.165) is 51.4 Å². The summed E-state index contributed by atoms with van der Waals surface area (Å²) in [5, 5.41) is 0. The van der Waals surface area contributed by atoms with E-state index in [0.29, 0.717) is 6.61 Å². The van der Waals surface area contributed by atoms with Crippen LogP contribution >= 0.6 is 0 Å². The lowest BCUT2D eigenvalue weighted by Crippen LogP contribution is -2.41. The Labute approximate surface area is 118 Å². The first-order chi connectivity index (χ1) is 9.84. The van der Waals surface area contributed by atoms with Gasteiger partial charge in [-0.3, -0.25) is 4.79 Å². The Kier molecular flexibility index (Phi) is 4.11. The van der Waals surface area contributed by atoms with Crippen molar-refractivity contribution in [3.8, 4) is 0 Å². The third-order valence-corrected chi connectivity index (χ3v) is 3.85. The van der Waals surface area contributed by atoms with Crippen LogP contribution in [0.25, 0.3) is 0 Å². The van der Waals surface area contributed by atoms with Crippen molar-refractivity contribution in [1.82, 2.24) is 14.9 Å². The third kappa shape index (κ3) is 2.90. The molecule has 0 aromatic carbocycles. The van der Waals surface area contributed by atoms with Crippen LogP contribution in [0.1, 0.15) is 19.3 Å². The molecule has 1 aromatic rings. The fourth-order valence-corrected chi connectivity index (χ4v) is 2.77. The SMILES string of the molecule is O=C([C@H]1CCCO1)N1CCCN(c2ncccn2)CC1. The molecular formula is C14H20N4O2. The zero-order valence-corrected chi connectivity index (χ0v) is 11.6. The highest BCUT2D eigenvalue weighted by Gasteiger charge is 2.29. The molecule has 1 aromatic heterocycles. The first-order valence-corrected chi connectivity index (χ1v) is 7.27. The summed E-state index contributed by atoms with van der Waals surface area (Å²) in [6.07, 6.45) is 6.09. The van der Waals surface area contributed by atoms with Gasteiger partial charge in [0, 0.05) is 45.2 Å². The average Bonchev–Trinajstić information content (AvgIpc) is 2.92. The largest absolute Gasteiger partial charge is 0.368 e. The summed E-state index contributed by atoms with van der Waals surface area (Å²) in [4.78, 5) is 25.0. The maximum atomic E-state index is 12.3. The number of hydrogen-bond donors (Lipinski definition) is 0. The standard InChI is InChI=1S/C14H20N4O2/c19-13(12-4-1-11-20-12)17-7-3-8-18(10-9-17)14-15-5-2-6-16-14/h2,5-6,12H,1,3-4,7-11H2/t12-/m1/s1. The number of carbonyl (C=O) groups excluding carboxylic acids is 1. The van der Waals surface area contributed by atoms with Crippen molar-refractivity contribution < 1.29 is 9.53 Å². The molecule has 0 bridgehead atoms. The van der Waals surface area contributed by atoms with E-state index in [4.69, 9.17) is 4.74 Å². The number of amides is 1. The van der Waals surface area contributed by atoms with Crippen LogP contribution in [0.4, 0.5) is 5.95 Å². The van der Waals surface area contributed by atoms with Crippen LogP contribution in [0.5, 0.6) is 0 Å². The van der Waals surface area contributed by atoms with E-state index in [-0.39, 0.29) is 12.0 Å². The minimum atomic E-state index is -0.213. The number of rotatable bonds is 2. The lowest BCUT2D eigenvalue weighted by Gasteiger charge is -2.24. The van der Waals surface area contributed by atoms with Gasteiger partial charge in [-0.2, -0.15) is 0 Å². The van der Waals surface area contributed by atoms with Crippen molar-refractivity contribution >= 4 is 11.9 Å². The minimum absolute atomic E-state index is 0.151. The second-order valence-corrected chi connectivity index (χ2v) is 5.22. The van der Waals surface area contributed by atoms with Gasteiger partial charge < -0.3 is 14.5 Å². The molecule has 1 amide bonds. The highest BCUT2D eigenvalue weighted by Crippen LogP contribution is 2.17. The number of nitrogens with zero attached hydrogens (tertiary/aromatic N) is 4. The maximum absolute atomic E-state index is 12.3. The van der Waals surface area contributed by atoms with Crippen LogP contribution in [0.15, 0.2) is 18.5 Å². The Morgan fingerprint density at radius 3 is 2.75 bits per heavy atom. The van der Waals surface area contributed by atoms with Crippen LogP contribution < -0.4 is 4.90 Å². The molecule has 2 saturated heterocycles. The summed E-state index contributed by atoms with van der Waals surface area (Å²) in [6.45, 7) is 3.90. The zero-order chi connectivity index (χ0) is 13.8. The van der Waals surface area contributed by atoms with Gasteiger partial charge in [0.15, 0.2) is 0 Å². The average molecular weight is 276 g/mol. The summed E-state index contributed by atoms with van der Waals surface area (Å²) in [5.41, 5.74) is 0. The van der Waals surface area contributed by atoms with Crippen LogP contribution in [0.2, 0.25) is 0 Å². The first-order valence-electron chi connectivity index (χ1n) is 7.27. The van der Waals surface area contributed by atoms with Crippen molar-refractivity contribution in [2.45, 2.75) is 25.4 Å². The second-order valence-electron chi connectivity index (χ2n) is 5.22. The zero-order valence-electron chi connectivity index (χ0n) is 11.6. The highest BCUT2D eigenvalue weighted by atomic mass is 16.5. The van der Waals surface area contributed by atoms with Crippen LogP contribution in [-0.4, -0.2) is 59.7 Å². The van der Waals surface area contributed by atoms with Crippen molar-refractivity contribution in [3.05, 3.63) is 18.5 Å². The topological polar surface area (TPSA) is 58.6 Å². The van der Waals surface area contributed by atoms with Gasteiger partial charge in [0.05, 0.1) is 0 Å². The molecule has 1 atom stereocenters. The number of hydrogen-bond acceptors (Lipinski definition) is 5. The van der Waals surface area contributed by atoms with Crippen LogP contribution in [0, 0.1) is 0 Å². The van der Waals surface area contributed by atoms with E-state index in [9.17, 15) is 4.79 Å². The van der Waals surface area contributed by atoms with Crippen molar-refractivity contribution in [1.29, 1.82) is 0 Å². The molecule has 3 heterocycles. The molecule has 0 spiro atoms. The van der Waals surface area contributed by atoms with Gasteiger partial charge in [-0.15, -0.1) is 0 Å². The van der Waals surface area contributed by atoms with Crippen molar-refractivity contribution in [3.63, 3.8) is 0 Å². The van der Waals surface area contributed by atoms with Crippen LogP contribution in [-0.2, 0) is 9.53 Å². The smallest absolute Gasteiger partial charge is 0.251 e. The summed E-state index contributed by atoms with van der Waals surface area (Å²) < 4.78 is 5.49. The van der Waals surface area contributed by atoms with Crippen molar-refractivity contribution in [2.75, 3.05) is 37.7 Å². The molecule has 0 radical (unpaired) electrons. The van der Waals surface area contributed by atoms with E-state index < -0.39 is 0 Å². The number of aromatic nitrogens is 2. The predicted molar refractivity (Wildman–Crippen MR) is 74.4 cm³/mol. The van der Waals surface area contributed by atoms with E-state index in [2.05, 4.69) is 14.9 Å². The van der Waals surface area contributed by atoms with Gasteiger partial charge in [-0.25, -0.2) is 9.97 Å². The number of ether oxygens (including phenoxy) is 1. The Bertz CT molecular complexity index is 448. The molecule has 108 valence electrons.